The first kappa shape index (κ1) is 23.8. The Balaban J connectivity index is 1.55. The molecule has 2 aliphatic rings. The van der Waals surface area contributed by atoms with Crippen LogP contribution in [0, 0.1) is 6.92 Å². The Morgan fingerprint density at radius 2 is 1.97 bits per heavy atom. The molecule has 0 unspecified atom stereocenters. The third-order valence-corrected chi connectivity index (χ3v) is 7.67. The van der Waals surface area contributed by atoms with Gasteiger partial charge in [-0.15, -0.1) is 0 Å². The number of fused-ring (bicyclic) bond motifs is 2. The minimum atomic E-state index is -2.65. The Labute approximate surface area is 213 Å². The average molecular weight is 509 g/mol. The van der Waals surface area contributed by atoms with Crippen LogP contribution in [-0.2, 0) is 29.5 Å². The maximum absolute atomic E-state index is 14.3. The van der Waals surface area contributed by atoms with E-state index in [0.717, 1.165) is 35.2 Å². The van der Waals surface area contributed by atoms with Gasteiger partial charge in [0.25, 0.3) is 6.43 Å². The van der Waals surface area contributed by atoms with Gasteiger partial charge in [0.1, 0.15) is 0 Å². The second kappa shape index (κ2) is 9.09. The first-order valence-corrected chi connectivity index (χ1v) is 12.7. The molecule has 1 amide bonds. The van der Waals surface area contributed by atoms with Gasteiger partial charge in [0.05, 0.1) is 24.3 Å². The minimum absolute atomic E-state index is 0.0191. The summed E-state index contributed by atoms with van der Waals surface area (Å²) in [6.45, 7) is 6.03. The van der Waals surface area contributed by atoms with E-state index in [0.29, 0.717) is 55.2 Å². The Morgan fingerprint density at radius 1 is 1.19 bits per heavy atom. The summed E-state index contributed by atoms with van der Waals surface area (Å²) in [6.07, 6.45) is 3.17. The zero-order valence-electron chi connectivity index (χ0n) is 21.2. The molecule has 0 aliphatic carbocycles. The highest BCUT2D eigenvalue weighted by Crippen LogP contribution is 2.38. The van der Waals surface area contributed by atoms with E-state index < -0.39 is 6.43 Å². The van der Waals surface area contributed by atoms with Crippen molar-refractivity contribution in [3.63, 3.8) is 0 Å². The number of ether oxygens (including phenoxy) is 1. The van der Waals surface area contributed by atoms with E-state index >= 15 is 0 Å². The molecule has 0 atom stereocenters. The number of hydrogen-bond donors (Lipinski definition) is 0. The van der Waals surface area contributed by atoms with Gasteiger partial charge in [-0.25, -0.2) is 8.78 Å². The number of carbonyl (C=O) groups is 1. The SMILES string of the molecule is CC(=O)N1CCc2c(c(-n3c(C)cc4cc(-c5cnn(C)c5)c(C(F)F)cc43)nn2C2CCOCC2)C1. The van der Waals surface area contributed by atoms with E-state index in [9.17, 15) is 13.6 Å². The van der Waals surface area contributed by atoms with Crippen LogP contribution in [-0.4, -0.2) is 54.7 Å². The summed E-state index contributed by atoms with van der Waals surface area (Å²) in [5, 5.41) is 10.1. The molecule has 6 rings (SSSR count). The normalized spacial score (nSPS) is 16.6. The van der Waals surface area contributed by atoms with Gasteiger partial charge in [0.15, 0.2) is 5.82 Å². The maximum atomic E-state index is 14.3. The third-order valence-electron chi connectivity index (χ3n) is 7.67. The molecule has 5 heterocycles. The summed E-state index contributed by atoms with van der Waals surface area (Å²) in [7, 11) is 1.77. The Morgan fingerprint density at radius 3 is 2.65 bits per heavy atom. The number of benzene rings is 1. The molecule has 3 aromatic heterocycles. The molecule has 37 heavy (non-hydrogen) atoms. The van der Waals surface area contributed by atoms with Gasteiger partial charge in [0.2, 0.25) is 5.91 Å². The zero-order chi connectivity index (χ0) is 25.8. The summed E-state index contributed by atoms with van der Waals surface area (Å²) in [5.41, 5.74) is 4.79. The van der Waals surface area contributed by atoms with Gasteiger partial charge in [-0.1, -0.05) is 0 Å². The molecular formula is C27H30F2N6O2. The number of aromatic nitrogens is 5. The lowest BCUT2D eigenvalue weighted by atomic mass is 10.0. The highest BCUT2D eigenvalue weighted by atomic mass is 19.3. The minimum Gasteiger partial charge on any atom is -0.381 e. The summed E-state index contributed by atoms with van der Waals surface area (Å²) in [6, 6.07) is 5.63. The summed E-state index contributed by atoms with van der Waals surface area (Å²) >= 11 is 0. The predicted octanol–water partition coefficient (Wildman–Crippen LogP) is 4.73. The molecule has 2 aliphatic heterocycles. The van der Waals surface area contributed by atoms with Crippen LogP contribution in [0.2, 0.25) is 0 Å². The number of amides is 1. The van der Waals surface area contributed by atoms with Gasteiger partial charge in [-0.3, -0.25) is 18.7 Å². The Bertz CT molecular complexity index is 1490. The molecule has 0 N–H and O–H groups in total. The van der Waals surface area contributed by atoms with E-state index in [1.165, 1.54) is 0 Å². The lowest BCUT2D eigenvalue weighted by Gasteiger charge is -2.29. The van der Waals surface area contributed by atoms with Crippen molar-refractivity contribution in [3.05, 3.63) is 53.1 Å². The van der Waals surface area contributed by atoms with Crippen molar-refractivity contribution in [2.24, 2.45) is 7.05 Å². The van der Waals surface area contributed by atoms with Gasteiger partial charge < -0.3 is 9.64 Å². The number of aryl methyl sites for hydroxylation is 2. The number of alkyl halides is 2. The van der Waals surface area contributed by atoms with Crippen LogP contribution < -0.4 is 0 Å². The molecule has 1 aromatic carbocycles. The summed E-state index contributed by atoms with van der Waals surface area (Å²) in [5.74, 6) is 0.736. The summed E-state index contributed by atoms with van der Waals surface area (Å²) < 4.78 is 40.0. The van der Waals surface area contributed by atoms with E-state index in [1.54, 1.807) is 37.1 Å². The van der Waals surface area contributed by atoms with Crippen molar-refractivity contribution < 1.29 is 18.3 Å². The first-order valence-electron chi connectivity index (χ1n) is 12.7. The maximum Gasteiger partial charge on any atom is 0.264 e. The number of halogens is 2. The fourth-order valence-corrected chi connectivity index (χ4v) is 5.79. The van der Waals surface area contributed by atoms with E-state index in [4.69, 9.17) is 9.84 Å². The topological polar surface area (TPSA) is 70.1 Å². The number of hydrogen-bond acceptors (Lipinski definition) is 4. The van der Waals surface area contributed by atoms with Crippen LogP contribution in [0.3, 0.4) is 0 Å². The monoisotopic (exact) mass is 508 g/mol. The second-order valence-corrected chi connectivity index (χ2v) is 10.1. The highest BCUT2D eigenvalue weighted by molar-refractivity contribution is 5.89. The number of rotatable bonds is 4. The van der Waals surface area contributed by atoms with E-state index in [-0.39, 0.29) is 17.5 Å². The van der Waals surface area contributed by atoms with Crippen molar-refractivity contribution in [2.75, 3.05) is 19.8 Å². The molecule has 0 bridgehead atoms. The van der Waals surface area contributed by atoms with Crippen LogP contribution in [0.4, 0.5) is 8.78 Å². The van der Waals surface area contributed by atoms with Crippen molar-refractivity contribution in [1.82, 2.24) is 29.0 Å². The van der Waals surface area contributed by atoms with Crippen LogP contribution >= 0.6 is 0 Å². The Kier molecular flexibility index (Phi) is 5.86. The second-order valence-electron chi connectivity index (χ2n) is 10.1. The van der Waals surface area contributed by atoms with Crippen LogP contribution in [0.25, 0.3) is 27.8 Å². The molecule has 0 saturated carbocycles. The van der Waals surface area contributed by atoms with Crippen LogP contribution in [0.15, 0.2) is 30.6 Å². The fourth-order valence-electron chi connectivity index (χ4n) is 5.79. The van der Waals surface area contributed by atoms with E-state index in [1.807, 2.05) is 28.5 Å². The van der Waals surface area contributed by atoms with Gasteiger partial charge in [-0.2, -0.15) is 10.2 Å². The van der Waals surface area contributed by atoms with Crippen LogP contribution in [0.1, 0.15) is 54.7 Å². The molecule has 8 nitrogen and oxygen atoms in total. The van der Waals surface area contributed by atoms with Crippen molar-refractivity contribution in [2.45, 2.75) is 52.1 Å². The Hall–Kier alpha value is -3.53. The fraction of sp³-hybridized carbons (Fsp3) is 0.444. The largest absolute Gasteiger partial charge is 0.381 e. The van der Waals surface area contributed by atoms with Gasteiger partial charge >= 0.3 is 0 Å². The van der Waals surface area contributed by atoms with Crippen molar-refractivity contribution in [1.29, 1.82) is 0 Å². The lowest BCUT2D eigenvalue weighted by Crippen LogP contribution is -2.35. The summed E-state index contributed by atoms with van der Waals surface area (Å²) in [4.78, 5) is 14.1. The van der Waals surface area contributed by atoms with Gasteiger partial charge in [-0.05, 0) is 43.5 Å². The average Bonchev–Trinajstić information content (AvgIpc) is 3.57. The van der Waals surface area contributed by atoms with Crippen molar-refractivity contribution in [3.8, 4) is 16.9 Å². The predicted molar refractivity (Wildman–Crippen MR) is 135 cm³/mol. The highest BCUT2D eigenvalue weighted by Gasteiger charge is 2.31. The third kappa shape index (κ3) is 4.03. The zero-order valence-corrected chi connectivity index (χ0v) is 21.2. The molecule has 0 radical (unpaired) electrons. The molecular weight excluding hydrogens is 478 g/mol. The van der Waals surface area contributed by atoms with Gasteiger partial charge in [0, 0.05) is 79.8 Å². The molecule has 0 spiro atoms. The molecule has 4 aromatic rings. The number of nitrogens with zero attached hydrogens (tertiary/aromatic N) is 6. The quantitative estimate of drug-likeness (QED) is 0.400. The van der Waals surface area contributed by atoms with E-state index in [2.05, 4.69) is 9.78 Å². The first-order chi connectivity index (χ1) is 17.8. The number of carbonyl (C=O) groups excluding carboxylic acids is 1. The standard InChI is InChI=1S/C27H30F2N6O2/c1-16-10-18-11-21(19-13-30-32(3)14-19)22(26(28)29)12-25(18)34(16)27-23-15-33(17(2)36)7-4-24(23)35(31-27)20-5-8-37-9-6-20/h10-14,20,26H,4-9,15H2,1-3H3. The van der Waals surface area contributed by atoms with Crippen LogP contribution in [0.5, 0.6) is 0 Å². The van der Waals surface area contributed by atoms with Crippen molar-refractivity contribution >= 4 is 16.8 Å². The molecule has 1 saturated heterocycles. The molecule has 10 heteroatoms. The lowest BCUT2D eigenvalue weighted by molar-refractivity contribution is -0.129. The smallest absolute Gasteiger partial charge is 0.264 e. The molecule has 1 fully saturated rings. The molecule has 194 valence electrons.